The van der Waals surface area contributed by atoms with Crippen molar-refractivity contribution in [3.8, 4) is 0 Å². The summed E-state index contributed by atoms with van der Waals surface area (Å²) in [7, 11) is 1.87. The lowest BCUT2D eigenvalue weighted by Crippen LogP contribution is -2.38. The molecular weight excluding hydrogens is 280 g/mol. The summed E-state index contributed by atoms with van der Waals surface area (Å²) in [6, 6.07) is 2.12. The van der Waals surface area contributed by atoms with Gasteiger partial charge in [-0.1, -0.05) is 19.0 Å². The summed E-state index contributed by atoms with van der Waals surface area (Å²) in [6.45, 7) is 7.75. The minimum atomic E-state index is 0.00861. The predicted molar refractivity (Wildman–Crippen MR) is 84.0 cm³/mol. The van der Waals surface area contributed by atoms with Gasteiger partial charge in [0, 0.05) is 25.3 Å². The third-order valence-corrected chi connectivity index (χ3v) is 4.36. The van der Waals surface area contributed by atoms with Crippen LogP contribution in [0.1, 0.15) is 47.9 Å². The lowest BCUT2D eigenvalue weighted by atomic mass is 10.0. The number of rotatable bonds is 3. The molecule has 0 spiro atoms. The Morgan fingerprint density at radius 1 is 1.50 bits per heavy atom. The average molecular weight is 302 g/mol. The van der Waals surface area contributed by atoms with Crippen molar-refractivity contribution in [2.75, 3.05) is 20.1 Å². The average Bonchev–Trinajstić information content (AvgIpc) is 3.15. The van der Waals surface area contributed by atoms with Gasteiger partial charge in [0.15, 0.2) is 0 Å². The van der Waals surface area contributed by atoms with Crippen LogP contribution in [0.4, 0.5) is 0 Å². The minimum absolute atomic E-state index is 0.00861. The number of aryl methyl sites for hydroxylation is 1. The van der Waals surface area contributed by atoms with Crippen molar-refractivity contribution in [2.24, 2.45) is 0 Å². The monoisotopic (exact) mass is 302 g/mol. The molecule has 0 aliphatic carbocycles. The molecule has 0 aromatic carbocycles. The van der Waals surface area contributed by atoms with Gasteiger partial charge in [-0.05, 0) is 31.9 Å². The Morgan fingerprint density at radius 2 is 2.27 bits per heavy atom. The molecule has 6 heteroatoms. The highest BCUT2D eigenvalue weighted by molar-refractivity contribution is 6.06. The number of hydrogen-bond donors (Lipinski definition) is 1. The van der Waals surface area contributed by atoms with Gasteiger partial charge < -0.3 is 14.7 Å². The molecule has 22 heavy (non-hydrogen) atoms. The minimum Gasteiger partial charge on any atom is -0.337 e. The highest BCUT2D eigenvalue weighted by Gasteiger charge is 2.27. The van der Waals surface area contributed by atoms with E-state index in [1.54, 1.807) is 0 Å². The normalized spacial score (nSPS) is 18.3. The molecule has 6 nitrogen and oxygen atoms in total. The number of carbonyl (C=O) groups excluding carboxylic acids is 1. The Balaban J connectivity index is 2.07. The first-order chi connectivity index (χ1) is 10.5. The third-order valence-electron chi connectivity index (χ3n) is 4.36. The van der Waals surface area contributed by atoms with E-state index in [4.69, 9.17) is 4.52 Å². The van der Waals surface area contributed by atoms with Crippen LogP contribution < -0.4 is 5.32 Å². The van der Waals surface area contributed by atoms with E-state index in [0.717, 1.165) is 30.6 Å². The van der Waals surface area contributed by atoms with E-state index in [2.05, 4.69) is 29.3 Å². The van der Waals surface area contributed by atoms with Crippen LogP contribution >= 0.6 is 0 Å². The van der Waals surface area contributed by atoms with Crippen molar-refractivity contribution in [3.63, 3.8) is 0 Å². The standard InChI is InChI=1S/C16H22N4O2/c1-9(2)13-7-12(14-10(3)19-22-15(14)18-13)16(21)20(4)11-5-6-17-8-11/h7,9,11,17H,5-6,8H2,1-4H3. The Bertz CT molecular complexity index is 701. The second-order valence-corrected chi connectivity index (χ2v) is 6.26. The molecule has 3 heterocycles. The zero-order valence-electron chi connectivity index (χ0n) is 13.5. The third kappa shape index (κ3) is 2.47. The molecule has 1 aliphatic rings. The first-order valence-electron chi connectivity index (χ1n) is 7.73. The van der Waals surface area contributed by atoms with Crippen molar-refractivity contribution in [1.82, 2.24) is 20.4 Å². The smallest absolute Gasteiger partial charge is 0.259 e. The fourth-order valence-electron chi connectivity index (χ4n) is 2.90. The molecule has 2 aromatic heterocycles. The molecule has 1 unspecified atom stereocenters. The number of hydrogen-bond acceptors (Lipinski definition) is 5. The molecule has 1 aliphatic heterocycles. The zero-order chi connectivity index (χ0) is 15.9. The zero-order valence-corrected chi connectivity index (χ0v) is 13.5. The highest BCUT2D eigenvalue weighted by atomic mass is 16.5. The molecule has 1 fully saturated rings. The topological polar surface area (TPSA) is 71.3 Å². The summed E-state index contributed by atoms with van der Waals surface area (Å²) in [5, 5.41) is 8.00. The molecule has 1 atom stereocenters. The van der Waals surface area contributed by atoms with Crippen LogP contribution in [-0.2, 0) is 0 Å². The van der Waals surface area contributed by atoms with Gasteiger partial charge in [0.2, 0.25) is 0 Å². The second-order valence-electron chi connectivity index (χ2n) is 6.26. The number of likely N-dealkylation sites (N-methyl/N-ethyl adjacent to an activating group) is 1. The van der Waals surface area contributed by atoms with Crippen LogP contribution in [0.5, 0.6) is 0 Å². The van der Waals surface area contributed by atoms with Gasteiger partial charge in [0.25, 0.3) is 11.6 Å². The van der Waals surface area contributed by atoms with Gasteiger partial charge in [-0.25, -0.2) is 4.98 Å². The van der Waals surface area contributed by atoms with Crippen LogP contribution in [0, 0.1) is 6.92 Å². The Labute approximate surface area is 129 Å². The van der Waals surface area contributed by atoms with Crippen molar-refractivity contribution < 1.29 is 9.32 Å². The molecular formula is C16H22N4O2. The van der Waals surface area contributed by atoms with Crippen molar-refractivity contribution in [1.29, 1.82) is 0 Å². The van der Waals surface area contributed by atoms with Crippen molar-refractivity contribution in [3.05, 3.63) is 23.0 Å². The number of carbonyl (C=O) groups is 1. The number of pyridine rings is 1. The number of aromatic nitrogens is 2. The van der Waals surface area contributed by atoms with Crippen LogP contribution in [0.15, 0.2) is 10.6 Å². The Hall–Kier alpha value is -1.95. The number of fused-ring (bicyclic) bond motifs is 1. The van der Waals surface area contributed by atoms with Crippen molar-refractivity contribution in [2.45, 2.75) is 39.2 Å². The quantitative estimate of drug-likeness (QED) is 0.940. The summed E-state index contributed by atoms with van der Waals surface area (Å²) in [5.74, 6) is 0.231. The maximum absolute atomic E-state index is 13.0. The Kier molecular flexibility index (Phi) is 3.87. The Morgan fingerprint density at radius 3 is 2.91 bits per heavy atom. The lowest BCUT2D eigenvalue weighted by molar-refractivity contribution is 0.0745. The SMILES string of the molecule is Cc1noc2nc(C(C)C)cc(C(=O)N(C)C3CCNC3)c12. The summed E-state index contributed by atoms with van der Waals surface area (Å²) < 4.78 is 5.29. The van der Waals surface area contributed by atoms with Crippen LogP contribution in [0.2, 0.25) is 0 Å². The van der Waals surface area contributed by atoms with Crippen LogP contribution in [0.25, 0.3) is 11.1 Å². The summed E-state index contributed by atoms with van der Waals surface area (Å²) in [4.78, 5) is 19.3. The van der Waals surface area contributed by atoms with Crippen LogP contribution in [-0.4, -0.2) is 47.1 Å². The van der Waals surface area contributed by atoms with Gasteiger partial charge in [-0.15, -0.1) is 0 Å². The molecule has 1 saturated heterocycles. The number of amides is 1. The second kappa shape index (κ2) is 5.68. The number of nitrogens with one attached hydrogen (secondary N) is 1. The number of nitrogens with zero attached hydrogens (tertiary/aromatic N) is 3. The van der Waals surface area contributed by atoms with Gasteiger partial charge in [-0.3, -0.25) is 4.79 Å². The first-order valence-corrected chi connectivity index (χ1v) is 7.73. The van der Waals surface area contributed by atoms with Gasteiger partial charge in [0.1, 0.15) is 0 Å². The predicted octanol–water partition coefficient (Wildman–Crippen LogP) is 2.09. The molecule has 0 saturated carbocycles. The largest absolute Gasteiger partial charge is 0.337 e. The van der Waals surface area contributed by atoms with E-state index in [-0.39, 0.29) is 17.9 Å². The maximum atomic E-state index is 13.0. The summed E-state index contributed by atoms with van der Waals surface area (Å²) >= 11 is 0. The van der Waals surface area contributed by atoms with E-state index < -0.39 is 0 Å². The van der Waals surface area contributed by atoms with Gasteiger partial charge in [0.05, 0.1) is 16.6 Å². The van der Waals surface area contributed by atoms with E-state index in [0.29, 0.717) is 17.0 Å². The summed E-state index contributed by atoms with van der Waals surface area (Å²) in [5.41, 5.74) is 2.65. The highest BCUT2D eigenvalue weighted by Crippen LogP contribution is 2.26. The van der Waals surface area contributed by atoms with E-state index in [9.17, 15) is 4.79 Å². The van der Waals surface area contributed by atoms with E-state index in [1.807, 2.05) is 24.9 Å². The van der Waals surface area contributed by atoms with Crippen molar-refractivity contribution >= 4 is 17.0 Å². The molecule has 1 N–H and O–H groups in total. The fraction of sp³-hybridized carbons (Fsp3) is 0.562. The first kappa shape index (κ1) is 15.0. The van der Waals surface area contributed by atoms with Gasteiger partial charge >= 0.3 is 0 Å². The molecule has 2 aromatic rings. The maximum Gasteiger partial charge on any atom is 0.259 e. The molecule has 118 valence electrons. The molecule has 3 rings (SSSR count). The fourth-order valence-corrected chi connectivity index (χ4v) is 2.90. The van der Waals surface area contributed by atoms with Gasteiger partial charge in [-0.2, -0.15) is 0 Å². The molecule has 0 radical (unpaired) electrons. The summed E-state index contributed by atoms with van der Waals surface area (Å²) in [6.07, 6.45) is 0.982. The van der Waals surface area contributed by atoms with E-state index >= 15 is 0 Å². The van der Waals surface area contributed by atoms with Crippen LogP contribution in [0.3, 0.4) is 0 Å². The molecule has 1 amide bonds. The molecule has 0 bridgehead atoms. The van der Waals surface area contributed by atoms with E-state index in [1.165, 1.54) is 0 Å². The lowest BCUT2D eigenvalue weighted by Gasteiger charge is -2.24.